The molecule has 3 rings (SSSR count). The minimum absolute atomic E-state index is 0.129. The van der Waals surface area contributed by atoms with Gasteiger partial charge in [0.25, 0.3) is 0 Å². The van der Waals surface area contributed by atoms with Crippen LogP contribution < -0.4 is 15.9 Å². The largest absolute Gasteiger partial charge is 0.353 e. The molecule has 0 aliphatic heterocycles. The summed E-state index contributed by atoms with van der Waals surface area (Å²) in [5.74, 6) is 0. The molecule has 0 bridgehead atoms. The number of benzene rings is 3. The second-order valence-corrected chi connectivity index (χ2v) is 12.4. The topological polar surface area (TPSA) is 18.5 Å². The molecule has 0 N–H and O–H groups in total. The zero-order valence-corrected chi connectivity index (χ0v) is 23.3. The molecule has 0 atom stereocenters. The maximum absolute atomic E-state index is 5.58. The van der Waals surface area contributed by atoms with E-state index in [0.29, 0.717) is 13.2 Å². The molecule has 0 spiro atoms. The summed E-state index contributed by atoms with van der Waals surface area (Å²) < 4.78 is 11.2. The van der Waals surface area contributed by atoms with Crippen LogP contribution in [0.2, 0.25) is 0 Å². The SMILES string of the molecule is CCOC(C/C=C\C/C=C\C/C=C\CC[P+](c1ccccc1)(c1ccccc1)c1ccccc1)OCC. The van der Waals surface area contributed by atoms with E-state index in [4.69, 9.17) is 9.47 Å². The van der Waals surface area contributed by atoms with Crippen LogP contribution in [0.5, 0.6) is 0 Å². The van der Waals surface area contributed by atoms with Crippen LogP contribution in [0.4, 0.5) is 0 Å². The van der Waals surface area contributed by atoms with Crippen LogP contribution in [0.15, 0.2) is 127 Å². The summed E-state index contributed by atoms with van der Waals surface area (Å²) in [5, 5.41) is 4.34. The van der Waals surface area contributed by atoms with E-state index in [9.17, 15) is 0 Å². The lowest BCUT2D eigenvalue weighted by atomic mass is 10.2. The van der Waals surface area contributed by atoms with Crippen LogP contribution in [0.1, 0.15) is 39.5 Å². The Bertz CT molecular complexity index is 972. The molecule has 0 radical (unpaired) electrons. The first kappa shape index (κ1) is 28.8. The molecule has 0 aliphatic rings. The number of hydrogen-bond donors (Lipinski definition) is 0. The molecule has 0 saturated heterocycles. The standard InChI is InChI=1S/C34H42O2P/c1-3-35-34(36-4-2)29-21-10-8-6-5-7-9-11-22-30-37(31-23-15-12-16-24-31,32-25-17-13-18-26-32)33-27-19-14-20-28-33/h5-6,9-21,23-28,34H,3-4,7-8,22,29-30H2,1-2H3/q+1/b6-5-,11-9-,21-10-. The number of allylic oxidation sites excluding steroid dienone is 5. The molecule has 37 heavy (non-hydrogen) atoms. The minimum atomic E-state index is -1.74. The quantitative estimate of drug-likeness (QED) is 0.111. The molecular formula is C34H42O2P+. The van der Waals surface area contributed by atoms with Gasteiger partial charge in [0.2, 0.25) is 0 Å². The maximum atomic E-state index is 5.58. The van der Waals surface area contributed by atoms with Crippen molar-refractivity contribution in [2.75, 3.05) is 19.4 Å². The lowest BCUT2D eigenvalue weighted by Crippen LogP contribution is -2.33. The van der Waals surface area contributed by atoms with Crippen LogP contribution in [-0.4, -0.2) is 25.7 Å². The number of rotatable bonds is 16. The molecule has 3 aromatic carbocycles. The highest BCUT2D eigenvalue weighted by Crippen LogP contribution is 2.55. The predicted molar refractivity (Wildman–Crippen MR) is 163 cm³/mol. The fourth-order valence-corrected chi connectivity index (χ4v) is 8.82. The van der Waals surface area contributed by atoms with Crippen LogP contribution >= 0.6 is 7.26 Å². The summed E-state index contributed by atoms with van der Waals surface area (Å²) in [6, 6.07) is 33.3. The monoisotopic (exact) mass is 513 g/mol. The first-order valence-electron chi connectivity index (χ1n) is 13.5. The van der Waals surface area contributed by atoms with Crippen LogP contribution in [0, 0.1) is 0 Å². The van der Waals surface area contributed by atoms with Gasteiger partial charge in [0, 0.05) is 26.1 Å². The van der Waals surface area contributed by atoms with Crippen LogP contribution in [0.25, 0.3) is 0 Å². The Morgan fingerprint density at radius 3 is 1.41 bits per heavy atom. The van der Waals surface area contributed by atoms with Gasteiger partial charge in [0.1, 0.15) is 23.2 Å². The van der Waals surface area contributed by atoms with E-state index in [1.165, 1.54) is 15.9 Å². The van der Waals surface area contributed by atoms with Gasteiger partial charge in [-0.25, -0.2) is 0 Å². The van der Waals surface area contributed by atoms with Crippen molar-refractivity contribution in [2.24, 2.45) is 0 Å². The molecular weight excluding hydrogens is 471 g/mol. The Hall–Kier alpha value is -2.77. The van der Waals surface area contributed by atoms with Gasteiger partial charge in [-0.05, 0) is 63.1 Å². The summed E-state index contributed by atoms with van der Waals surface area (Å²) in [5.41, 5.74) is 0. The predicted octanol–water partition coefficient (Wildman–Crippen LogP) is 7.61. The molecule has 0 saturated carbocycles. The third kappa shape index (κ3) is 8.93. The Balaban J connectivity index is 1.61. The van der Waals surface area contributed by atoms with Crippen molar-refractivity contribution in [3.05, 3.63) is 127 Å². The highest BCUT2D eigenvalue weighted by molar-refractivity contribution is 7.95. The number of hydrogen-bond acceptors (Lipinski definition) is 2. The summed E-state index contributed by atoms with van der Waals surface area (Å²) >= 11 is 0. The summed E-state index contributed by atoms with van der Waals surface area (Å²) in [7, 11) is -1.74. The Kier molecular flexibility index (Phi) is 13.1. The van der Waals surface area contributed by atoms with E-state index in [1.54, 1.807) is 0 Å². The van der Waals surface area contributed by atoms with Gasteiger partial charge < -0.3 is 9.47 Å². The first-order chi connectivity index (χ1) is 18.3. The second-order valence-electron chi connectivity index (χ2n) is 8.79. The molecule has 0 unspecified atom stereocenters. The third-order valence-corrected chi connectivity index (χ3v) is 10.8. The van der Waals surface area contributed by atoms with Crippen LogP contribution in [-0.2, 0) is 9.47 Å². The molecule has 2 nitrogen and oxygen atoms in total. The van der Waals surface area contributed by atoms with E-state index in [0.717, 1.165) is 31.8 Å². The fourth-order valence-electron chi connectivity index (χ4n) is 4.57. The third-order valence-electron chi connectivity index (χ3n) is 6.30. The Labute approximate surface area is 225 Å². The van der Waals surface area contributed by atoms with Gasteiger partial charge in [-0.2, -0.15) is 0 Å². The van der Waals surface area contributed by atoms with E-state index in [2.05, 4.69) is 127 Å². The second kappa shape index (κ2) is 16.9. The fraction of sp³-hybridized carbons (Fsp3) is 0.294. The highest BCUT2D eigenvalue weighted by atomic mass is 31.2. The van der Waals surface area contributed by atoms with E-state index < -0.39 is 7.26 Å². The van der Waals surface area contributed by atoms with E-state index in [-0.39, 0.29) is 6.29 Å². The summed E-state index contributed by atoms with van der Waals surface area (Å²) in [4.78, 5) is 0. The van der Waals surface area contributed by atoms with E-state index >= 15 is 0 Å². The zero-order valence-electron chi connectivity index (χ0n) is 22.4. The summed E-state index contributed by atoms with van der Waals surface area (Å²) in [6.45, 7) is 5.35. The van der Waals surface area contributed by atoms with Gasteiger partial charge in [0.05, 0.1) is 6.16 Å². The molecule has 194 valence electrons. The molecule has 0 heterocycles. The van der Waals surface area contributed by atoms with E-state index in [1.807, 2.05) is 13.8 Å². The number of ether oxygens (including phenoxy) is 2. The highest BCUT2D eigenvalue weighted by Gasteiger charge is 2.44. The molecule has 3 heteroatoms. The average molecular weight is 514 g/mol. The maximum Gasteiger partial charge on any atom is 0.160 e. The molecule has 0 amide bonds. The zero-order chi connectivity index (χ0) is 26.0. The Morgan fingerprint density at radius 1 is 0.568 bits per heavy atom. The molecule has 0 aromatic heterocycles. The van der Waals surface area contributed by atoms with Crippen molar-refractivity contribution in [1.82, 2.24) is 0 Å². The van der Waals surface area contributed by atoms with Crippen molar-refractivity contribution >= 4 is 23.2 Å². The average Bonchev–Trinajstić information content (AvgIpc) is 2.95. The lowest BCUT2D eigenvalue weighted by molar-refractivity contribution is -0.133. The summed E-state index contributed by atoms with van der Waals surface area (Å²) in [6.07, 6.45) is 18.2. The lowest BCUT2D eigenvalue weighted by Gasteiger charge is -2.27. The normalized spacial score (nSPS) is 12.4. The van der Waals surface area contributed by atoms with Gasteiger partial charge in [-0.15, -0.1) is 0 Å². The van der Waals surface area contributed by atoms with Crippen molar-refractivity contribution in [1.29, 1.82) is 0 Å². The van der Waals surface area contributed by atoms with Gasteiger partial charge in [0.15, 0.2) is 6.29 Å². The minimum Gasteiger partial charge on any atom is -0.353 e. The van der Waals surface area contributed by atoms with Crippen molar-refractivity contribution in [2.45, 2.75) is 45.8 Å². The first-order valence-corrected chi connectivity index (χ1v) is 15.5. The van der Waals surface area contributed by atoms with Crippen molar-refractivity contribution < 1.29 is 9.47 Å². The van der Waals surface area contributed by atoms with Gasteiger partial charge in [-0.3, -0.25) is 0 Å². The van der Waals surface area contributed by atoms with Gasteiger partial charge >= 0.3 is 0 Å². The molecule has 0 aliphatic carbocycles. The Morgan fingerprint density at radius 2 is 0.973 bits per heavy atom. The molecule has 3 aromatic rings. The molecule has 0 fully saturated rings. The van der Waals surface area contributed by atoms with Crippen LogP contribution in [0.3, 0.4) is 0 Å². The van der Waals surface area contributed by atoms with Crippen molar-refractivity contribution in [3.8, 4) is 0 Å². The smallest absolute Gasteiger partial charge is 0.160 e. The van der Waals surface area contributed by atoms with Crippen molar-refractivity contribution in [3.63, 3.8) is 0 Å². The van der Waals surface area contributed by atoms with Gasteiger partial charge in [-0.1, -0.05) is 91.1 Å².